The summed E-state index contributed by atoms with van der Waals surface area (Å²) >= 11 is 0. The van der Waals surface area contributed by atoms with Gasteiger partial charge in [-0.3, -0.25) is 0 Å². The van der Waals surface area contributed by atoms with Crippen molar-refractivity contribution in [2.45, 2.75) is 32.5 Å². The molecule has 0 amide bonds. The van der Waals surface area contributed by atoms with Gasteiger partial charge in [-0.05, 0) is 18.6 Å². The third-order valence-electron chi connectivity index (χ3n) is 2.86. The highest BCUT2D eigenvalue weighted by molar-refractivity contribution is 5.40. The molecule has 1 aromatic carbocycles. The predicted molar refractivity (Wildman–Crippen MR) is 68.0 cm³/mol. The van der Waals surface area contributed by atoms with Gasteiger partial charge < -0.3 is 19.3 Å². The Kier molecular flexibility index (Phi) is 4.84. The van der Waals surface area contributed by atoms with Crippen molar-refractivity contribution in [3.8, 4) is 11.5 Å². The lowest BCUT2D eigenvalue weighted by molar-refractivity contribution is 0.138. The summed E-state index contributed by atoms with van der Waals surface area (Å²) in [5.41, 5.74) is 0.783. The second-order valence-electron chi connectivity index (χ2n) is 4.38. The van der Waals surface area contributed by atoms with Gasteiger partial charge >= 0.3 is 0 Å². The first-order chi connectivity index (χ1) is 8.83. The summed E-state index contributed by atoms with van der Waals surface area (Å²) < 4.78 is 16.7. The van der Waals surface area contributed by atoms with Crippen LogP contribution in [0.3, 0.4) is 0 Å². The van der Waals surface area contributed by atoms with E-state index in [2.05, 4.69) is 6.92 Å². The average molecular weight is 252 g/mol. The van der Waals surface area contributed by atoms with Gasteiger partial charge in [0.2, 0.25) is 0 Å². The smallest absolute Gasteiger partial charge is 0.129 e. The fraction of sp³-hybridized carbons (Fsp3) is 0.571. The summed E-state index contributed by atoms with van der Waals surface area (Å²) in [5.74, 6) is 1.48. The van der Waals surface area contributed by atoms with E-state index in [0.717, 1.165) is 30.8 Å². The van der Waals surface area contributed by atoms with Gasteiger partial charge in [-0.15, -0.1) is 0 Å². The molecule has 0 bridgehead atoms. The lowest BCUT2D eigenvalue weighted by atomic mass is 10.2. The standard InChI is InChI=1S/C14H20O4/c1-2-6-17-12-4-3-11(9-15)14(8-12)18-13-5-7-16-10-13/h3-4,8,13,15H,2,5-7,9-10H2,1H3. The first kappa shape index (κ1) is 13.2. The van der Waals surface area contributed by atoms with Crippen molar-refractivity contribution in [3.63, 3.8) is 0 Å². The predicted octanol–water partition coefficient (Wildman–Crippen LogP) is 2.14. The zero-order chi connectivity index (χ0) is 12.8. The minimum atomic E-state index is -0.0308. The molecule has 2 rings (SSSR count). The number of aliphatic hydroxyl groups is 1. The first-order valence-electron chi connectivity index (χ1n) is 6.44. The quantitative estimate of drug-likeness (QED) is 0.842. The third kappa shape index (κ3) is 3.37. The number of rotatable bonds is 6. The monoisotopic (exact) mass is 252 g/mol. The Labute approximate surface area is 107 Å². The molecule has 1 fully saturated rings. The molecule has 1 aromatic rings. The summed E-state index contributed by atoms with van der Waals surface area (Å²) in [6.45, 7) is 4.08. The maximum atomic E-state index is 9.31. The lowest BCUT2D eigenvalue weighted by Crippen LogP contribution is -2.16. The summed E-state index contributed by atoms with van der Waals surface area (Å²) in [7, 11) is 0. The van der Waals surface area contributed by atoms with Crippen LogP contribution in [0.5, 0.6) is 11.5 Å². The van der Waals surface area contributed by atoms with E-state index in [1.54, 1.807) is 0 Å². The molecule has 1 saturated heterocycles. The average Bonchev–Trinajstić information content (AvgIpc) is 2.89. The van der Waals surface area contributed by atoms with Gasteiger partial charge in [-0.1, -0.05) is 6.92 Å². The van der Waals surface area contributed by atoms with Gasteiger partial charge in [0.1, 0.15) is 17.6 Å². The number of hydrogen-bond donors (Lipinski definition) is 1. The molecule has 100 valence electrons. The Morgan fingerprint density at radius 1 is 1.44 bits per heavy atom. The Hall–Kier alpha value is -1.26. The number of ether oxygens (including phenoxy) is 3. The van der Waals surface area contributed by atoms with Gasteiger partial charge in [-0.25, -0.2) is 0 Å². The van der Waals surface area contributed by atoms with Crippen LogP contribution in [0.2, 0.25) is 0 Å². The van der Waals surface area contributed by atoms with E-state index in [9.17, 15) is 5.11 Å². The lowest BCUT2D eigenvalue weighted by Gasteiger charge is -2.16. The molecule has 0 aliphatic carbocycles. The summed E-state index contributed by atoms with van der Waals surface area (Å²) in [5, 5.41) is 9.31. The van der Waals surface area contributed by atoms with Crippen molar-refractivity contribution in [2.24, 2.45) is 0 Å². The van der Waals surface area contributed by atoms with Crippen LogP contribution in [0, 0.1) is 0 Å². The SMILES string of the molecule is CCCOc1ccc(CO)c(OC2CCOC2)c1. The van der Waals surface area contributed by atoms with Crippen LogP contribution in [0.1, 0.15) is 25.3 Å². The van der Waals surface area contributed by atoms with Gasteiger partial charge in [0.25, 0.3) is 0 Å². The van der Waals surface area contributed by atoms with Gasteiger partial charge in [0, 0.05) is 18.1 Å². The molecule has 4 heteroatoms. The molecular weight excluding hydrogens is 232 g/mol. The highest BCUT2D eigenvalue weighted by atomic mass is 16.5. The highest BCUT2D eigenvalue weighted by Gasteiger charge is 2.18. The van der Waals surface area contributed by atoms with Crippen LogP contribution in [0.15, 0.2) is 18.2 Å². The maximum absolute atomic E-state index is 9.31. The van der Waals surface area contributed by atoms with Gasteiger partial charge in [0.15, 0.2) is 0 Å². The van der Waals surface area contributed by atoms with Crippen molar-refractivity contribution in [2.75, 3.05) is 19.8 Å². The third-order valence-corrected chi connectivity index (χ3v) is 2.86. The van der Waals surface area contributed by atoms with E-state index in [4.69, 9.17) is 14.2 Å². The Bertz CT molecular complexity index is 372. The minimum Gasteiger partial charge on any atom is -0.493 e. The van der Waals surface area contributed by atoms with E-state index in [-0.39, 0.29) is 12.7 Å². The van der Waals surface area contributed by atoms with Crippen LogP contribution in [-0.4, -0.2) is 31.0 Å². The van der Waals surface area contributed by atoms with Crippen LogP contribution < -0.4 is 9.47 Å². The topological polar surface area (TPSA) is 47.9 Å². The van der Waals surface area contributed by atoms with Crippen molar-refractivity contribution in [1.29, 1.82) is 0 Å². The molecule has 0 saturated carbocycles. The molecule has 1 heterocycles. The van der Waals surface area contributed by atoms with E-state index in [0.29, 0.717) is 19.0 Å². The molecule has 1 N–H and O–H groups in total. The Balaban J connectivity index is 2.08. The first-order valence-corrected chi connectivity index (χ1v) is 6.44. The normalized spacial score (nSPS) is 18.9. The van der Waals surface area contributed by atoms with E-state index < -0.39 is 0 Å². The van der Waals surface area contributed by atoms with Crippen LogP contribution in [-0.2, 0) is 11.3 Å². The van der Waals surface area contributed by atoms with Gasteiger partial charge in [-0.2, -0.15) is 0 Å². The number of aliphatic hydroxyl groups excluding tert-OH is 1. The maximum Gasteiger partial charge on any atom is 0.129 e. The second kappa shape index (κ2) is 6.61. The molecule has 18 heavy (non-hydrogen) atoms. The Morgan fingerprint density at radius 3 is 3.00 bits per heavy atom. The summed E-state index contributed by atoms with van der Waals surface area (Å²) in [6, 6.07) is 5.55. The fourth-order valence-corrected chi connectivity index (χ4v) is 1.87. The Morgan fingerprint density at radius 2 is 2.33 bits per heavy atom. The molecule has 0 aromatic heterocycles. The minimum absolute atomic E-state index is 0.0308. The largest absolute Gasteiger partial charge is 0.493 e. The second-order valence-corrected chi connectivity index (χ2v) is 4.38. The highest BCUT2D eigenvalue weighted by Crippen LogP contribution is 2.27. The number of hydrogen-bond acceptors (Lipinski definition) is 4. The fourth-order valence-electron chi connectivity index (χ4n) is 1.87. The van der Waals surface area contributed by atoms with E-state index in [1.807, 2.05) is 18.2 Å². The molecule has 1 atom stereocenters. The molecule has 1 unspecified atom stereocenters. The van der Waals surface area contributed by atoms with Crippen LogP contribution >= 0.6 is 0 Å². The van der Waals surface area contributed by atoms with Crippen LogP contribution in [0.25, 0.3) is 0 Å². The molecule has 1 aliphatic rings. The molecular formula is C14H20O4. The van der Waals surface area contributed by atoms with Crippen molar-refractivity contribution in [1.82, 2.24) is 0 Å². The van der Waals surface area contributed by atoms with Crippen LogP contribution in [0.4, 0.5) is 0 Å². The molecule has 0 spiro atoms. The summed E-state index contributed by atoms with van der Waals surface area (Å²) in [6.07, 6.45) is 1.94. The molecule has 1 aliphatic heterocycles. The van der Waals surface area contributed by atoms with E-state index in [1.165, 1.54) is 0 Å². The van der Waals surface area contributed by atoms with Crippen molar-refractivity contribution in [3.05, 3.63) is 23.8 Å². The van der Waals surface area contributed by atoms with E-state index >= 15 is 0 Å². The summed E-state index contributed by atoms with van der Waals surface area (Å²) in [4.78, 5) is 0. The zero-order valence-electron chi connectivity index (χ0n) is 10.7. The van der Waals surface area contributed by atoms with Gasteiger partial charge in [0.05, 0.1) is 26.4 Å². The zero-order valence-corrected chi connectivity index (χ0v) is 10.7. The van der Waals surface area contributed by atoms with Crippen molar-refractivity contribution < 1.29 is 19.3 Å². The molecule has 0 radical (unpaired) electrons. The molecule has 4 nitrogen and oxygen atoms in total. The number of benzene rings is 1. The van der Waals surface area contributed by atoms with Crippen molar-refractivity contribution >= 4 is 0 Å².